The fourth-order valence-corrected chi connectivity index (χ4v) is 1.01. The zero-order valence-corrected chi connectivity index (χ0v) is 6.86. The molecule has 1 rings (SSSR count). The second-order valence-corrected chi connectivity index (χ2v) is 2.47. The van der Waals surface area contributed by atoms with E-state index in [-0.39, 0.29) is 5.92 Å². The van der Waals surface area contributed by atoms with Crippen molar-refractivity contribution in [2.45, 2.75) is 0 Å². The fourth-order valence-electron chi connectivity index (χ4n) is 1.01. The van der Waals surface area contributed by atoms with Gasteiger partial charge >= 0.3 is 0 Å². The number of nitrogens with two attached hydrogens (primary N) is 2. The molecule has 0 fully saturated rings. The van der Waals surface area contributed by atoms with E-state index in [9.17, 15) is 9.59 Å². The average Bonchev–Trinajstić information content (AvgIpc) is 2.04. The van der Waals surface area contributed by atoms with Gasteiger partial charge in [0.05, 0.1) is 0 Å². The Balaban J connectivity index is 3.03. The highest BCUT2D eigenvalue weighted by atomic mass is 16.2. The maximum Gasteiger partial charge on any atom is 0.239 e. The molecule has 0 aliphatic heterocycles. The summed E-state index contributed by atoms with van der Waals surface area (Å²) in [7, 11) is 0. The molecule has 67 valence electrons. The second-order valence-electron chi connectivity index (χ2n) is 2.47. The summed E-state index contributed by atoms with van der Waals surface area (Å²) in [6, 6.07) is 8.36. The van der Waals surface area contributed by atoms with E-state index in [2.05, 4.69) is 0 Å². The normalized spacial score (nSPS) is 9.92. The lowest BCUT2D eigenvalue weighted by molar-refractivity contribution is -0.122. The van der Waals surface area contributed by atoms with Gasteiger partial charge in [-0.25, -0.2) is 0 Å². The summed E-state index contributed by atoms with van der Waals surface area (Å²) >= 11 is 0. The minimum Gasteiger partial charge on any atom is -0.368 e. The van der Waals surface area contributed by atoms with Crippen LogP contribution in [0.4, 0.5) is 0 Å². The highest BCUT2D eigenvalue weighted by Crippen LogP contribution is 2.12. The van der Waals surface area contributed by atoms with Crippen LogP contribution in [0.3, 0.4) is 0 Å². The van der Waals surface area contributed by atoms with Gasteiger partial charge in [0.1, 0.15) is 0 Å². The van der Waals surface area contributed by atoms with E-state index in [1.165, 1.54) is 0 Å². The highest BCUT2D eigenvalue weighted by molar-refractivity contribution is 6.16. The summed E-state index contributed by atoms with van der Waals surface area (Å²) in [4.78, 5) is 21.7. The third-order valence-electron chi connectivity index (χ3n) is 1.56. The highest BCUT2D eigenvalue weighted by Gasteiger charge is 2.24. The van der Waals surface area contributed by atoms with Crippen LogP contribution in [0.5, 0.6) is 0 Å². The topological polar surface area (TPSA) is 86.2 Å². The molecule has 1 radical (unpaired) electrons. The van der Waals surface area contributed by atoms with Crippen LogP contribution >= 0.6 is 0 Å². The predicted molar refractivity (Wildman–Crippen MR) is 47.2 cm³/mol. The zero-order valence-electron chi connectivity index (χ0n) is 6.86. The van der Waals surface area contributed by atoms with Gasteiger partial charge in [0.15, 0.2) is 5.92 Å². The van der Waals surface area contributed by atoms with E-state index in [1.54, 1.807) is 30.3 Å². The van der Waals surface area contributed by atoms with Gasteiger partial charge in [0, 0.05) is 0 Å². The molecule has 1 aromatic rings. The van der Waals surface area contributed by atoms with Crippen LogP contribution in [0, 0.1) is 5.92 Å². The largest absolute Gasteiger partial charge is 0.368 e. The minimum absolute atomic E-state index is 0.166. The van der Waals surface area contributed by atoms with Crippen molar-refractivity contribution in [3.8, 4) is 0 Å². The summed E-state index contributed by atoms with van der Waals surface area (Å²) in [5.41, 5.74) is 10.4. The number of carbonyl (C=O) groups excluding carboxylic acids is 2. The molecule has 1 aromatic carbocycles. The van der Waals surface area contributed by atoms with Crippen molar-refractivity contribution in [1.29, 1.82) is 0 Å². The van der Waals surface area contributed by atoms with Crippen molar-refractivity contribution < 1.29 is 9.59 Å². The number of primary amides is 2. The van der Waals surface area contributed by atoms with Crippen LogP contribution in [-0.4, -0.2) is 11.8 Å². The first-order valence-corrected chi connectivity index (χ1v) is 3.65. The van der Waals surface area contributed by atoms with E-state index in [4.69, 9.17) is 11.5 Å². The van der Waals surface area contributed by atoms with Crippen molar-refractivity contribution in [1.82, 2.24) is 0 Å². The molecular formula is C9H9N2O2. The van der Waals surface area contributed by atoms with Crippen molar-refractivity contribution >= 4 is 11.8 Å². The van der Waals surface area contributed by atoms with Gasteiger partial charge in [-0.15, -0.1) is 0 Å². The number of amides is 2. The Hall–Kier alpha value is -1.84. The fraction of sp³-hybridized carbons (Fsp3) is 0. The summed E-state index contributed by atoms with van der Waals surface area (Å²) in [5, 5.41) is 0. The van der Waals surface area contributed by atoms with Gasteiger partial charge < -0.3 is 11.5 Å². The maximum atomic E-state index is 10.8. The predicted octanol–water partition coefficient (Wildman–Crippen LogP) is -0.420. The van der Waals surface area contributed by atoms with Crippen LogP contribution in [0.15, 0.2) is 30.3 Å². The SMILES string of the molecule is NC(=O)[C](C(N)=O)c1ccccc1. The monoisotopic (exact) mass is 177 g/mol. The molecule has 0 unspecified atom stereocenters. The van der Waals surface area contributed by atoms with Crippen molar-refractivity contribution in [2.75, 3.05) is 0 Å². The van der Waals surface area contributed by atoms with Crippen LogP contribution in [-0.2, 0) is 9.59 Å². The minimum atomic E-state index is -0.807. The molecule has 0 aromatic heterocycles. The average molecular weight is 177 g/mol. The number of hydrogen-bond donors (Lipinski definition) is 2. The van der Waals surface area contributed by atoms with Gasteiger partial charge in [-0.05, 0) is 5.56 Å². The van der Waals surface area contributed by atoms with Crippen LogP contribution < -0.4 is 11.5 Å². The Morgan fingerprint density at radius 2 is 1.38 bits per heavy atom. The third-order valence-corrected chi connectivity index (χ3v) is 1.56. The standard InChI is InChI=1S/C9H9N2O2/c10-8(12)7(9(11)13)6-4-2-1-3-5-6/h1-5H,(H2,10,12)(H2,11,13). The Morgan fingerprint density at radius 3 is 1.77 bits per heavy atom. The van der Waals surface area contributed by atoms with Crippen LogP contribution in [0.1, 0.15) is 5.56 Å². The summed E-state index contributed by atoms with van der Waals surface area (Å²) in [6.07, 6.45) is 0. The molecule has 0 aliphatic rings. The lowest BCUT2D eigenvalue weighted by atomic mass is 9.98. The molecule has 0 aliphatic carbocycles. The van der Waals surface area contributed by atoms with Crippen LogP contribution in [0.25, 0.3) is 0 Å². The number of hydrogen-bond acceptors (Lipinski definition) is 2. The van der Waals surface area contributed by atoms with E-state index in [0.717, 1.165) is 0 Å². The molecule has 13 heavy (non-hydrogen) atoms. The van der Waals surface area contributed by atoms with Crippen molar-refractivity contribution in [2.24, 2.45) is 11.5 Å². The molecule has 0 saturated carbocycles. The molecule has 0 heterocycles. The first-order valence-electron chi connectivity index (χ1n) is 3.65. The van der Waals surface area contributed by atoms with Gasteiger partial charge in [-0.2, -0.15) is 0 Å². The molecule has 0 bridgehead atoms. The van der Waals surface area contributed by atoms with E-state index in [0.29, 0.717) is 5.56 Å². The Bertz CT molecular complexity index is 308. The van der Waals surface area contributed by atoms with E-state index >= 15 is 0 Å². The zero-order chi connectivity index (χ0) is 9.84. The molecule has 4 heteroatoms. The Morgan fingerprint density at radius 1 is 0.923 bits per heavy atom. The Labute approximate surface area is 75.5 Å². The lowest BCUT2D eigenvalue weighted by Gasteiger charge is -2.07. The van der Waals surface area contributed by atoms with Gasteiger partial charge in [-0.3, -0.25) is 9.59 Å². The molecule has 4 nitrogen and oxygen atoms in total. The second kappa shape index (κ2) is 3.71. The molecule has 0 atom stereocenters. The van der Waals surface area contributed by atoms with Crippen molar-refractivity contribution in [3.05, 3.63) is 41.8 Å². The smallest absolute Gasteiger partial charge is 0.239 e. The number of carbonyl (C=O) groups is 2. The lowest BCUT2D eigenvalue weighted by Crippen LogP contribution is -2.33. The van der Waals surface area contributed by atoms with E-state index in [1.807, 2.05) is 0 Å². The summed E-state index contributed by atoms with van der Waals surface area (Å²) < 4.78 is 0. The van der Waals surface area contributed by atoms with Gasteiger partial charge in [0.2, 0.25) is 11.8 Å². The first-order chi connectivity index (χ1) is 6.13. The first kappa shape index (κ1) is 9.25. The van der Waals surface area contributed by atoms with Crippen LogP contribution in [0.2, 0.25) is 0 Å². The van der Waals surface area contributed by atoms with Gasteiger partial charge in [-0.1, -0.05) is 30.3 Å². The molecule has 0 spiro atoms. The van der Waals surface area contributed by atoms with E-state index < -0.39 is 11.8 Å². The molecule has 0 saturated heterocycles. The van der Waals surface area contributed by atoms with Gasteiger partial charge in [0.25, 0.3) is 0 Å². The molecule has 2 amide bonds. The number of rotatable bonds is 3. The third kappa shape index (κ3) is 2.05. The van der Waals surface area contributed by atoms with Crippen molar-refractivity contribution in [3.63, 3.8) is 0 Å². The Kier molecular flexibility index (Phi) is 2.64. The quantitative estimate of drug-likeness (QED) is 0.614. The summed E-state index contributed by atoms with van der Waals surface area (Å²) in [5.74, 6) is -1.78. The maximum absolute atomic E-state index is 10.8. The molecule has 4 N–H and O–H groups in total. The summed E-state index contributed by atoms with van der Waals surface area (Å²) in [6.45, 7) is 0. The number of benzene rings is 1. The molecular weight excluding hydrogens is 168 g/mol.